The quantitative estimate of drug-likeness (QED) is 0.740. The second kappa shape index (κ2) is 8.95. The molecule has 0 bridgehead atoms. The van der Waals surface area contributed by atoms with Crippen LogP contribution >= 0.6 is 0 Å². The zero-order valence-corrected chi connectivity index (χ0v) is 16.5. The molecule has 0 unspecified atom stereocenters. The van der Waals surface area contributed by atoms with Gasteiger partial charge < -0.3 is 15.2 Å². The number of nitrogens with zero attached hydrogens (tertiary/aromatic N) is 3. The summed E-state index contributed by atoms with van der Waals surface area (Å²) >= 11 is 0. The Morgan fingerprint density at radius 3 is 2.57 bits per heavy atom. The van der Waals surface area contributed by atoms with E-state index < -0.39 is 5.54 Å². The molecule has 2 heterocycles. The van der Waals surface area contributed by atoms with Crippen LogP contribution in [-0.4, -0.2) is 26.9 Å². The predicted octanol–water partition coefficient (Wildman–Crippen LogP) is 3.03. The third-order valence-electron chi connectivity index (χ3n) is 4.99. The molecule has 2 aromatic heterocycles. The molecule has 8 heteroatoms. The smallest absolute Gasteiger partial charge is 0.227 e. The largest absolute Gasteiger partial charge is 0.343 e. The lowest BCUT2D eigenvalue weighted by atomic mass is 9.89. The van der Waals surface area contributed by atoms with Crippen molar-refractivity contribution in [3.8, 4) is 0 Å². The van der Waals surface area contributed by atoms with E-state index in [9.17, 15) is 9.59 Å². The fraction of sp³-hybridized carbons (Fsp3) is 0.550. The van der Waals surface area contributed by atoms with Crippen LogP contribution in [0.2, 0.25) is 0 Å². The minimum absolute atomic E-state index is 0.0988. The first kappa shape index (κ1) is 20.0. The van der Waals surface area contributed by atoms with Crippen molar-refractivity contribution in [3.05, 3.63) is 35.6 Å². The number of nitrogens with one attached hydrogen (secondary N) is 2. The number of amides is 2. The first-order valence-electron chi connectivity index (χ1n) is 9.82. The maximum absolute atomic E-state index is 12.2. The van der Waals surface area contributed by atoms with E-state index in [0.29, 0.717) is 24.0 Å². The molecule has 2 amide bonds. The maximum atomic E-state index is 12.2. The maximum Gasteiger partial charge on any atom is 0.227 e. The molecule has 3 rings (SSSR count). The lowest BCUT2D eigenvalue weighted by Gasteiger charge is -2.30. The van der Waals surface area contributed by atoms with Gasteiger partial charge in [-0.1, -0.05) is 36.9 Å². The molecule has 150 valence electrons. The van der Waals surface area contributed by atoms with E-state index in [0.717, 1.165) is 44.2 Å². The molecule has 1 fully saturated rings. The molecule has 0 saturated heterocycles. The Morgan fingerprint density at radius 1 is 1.14 bits per heavy atom. The number of aromatic nitrogens is 3. The van der Waals surface area contributed by atoms with Crippen molar-refractivity contribution in [1.82, 2.24) is 20.4 Å². The van der Waals surface area contributed by atoms with Crippen molar-refractivity contribution in [2.75, 3.05) is 5.32 Å². The molecule has 0 atom stereocenters. The normalized spacial score (nSPS) is 16.2. The van der Waals surface area contributed by atoms with Gasteiger partial charge in [0.2, 0.25) is 17.7 Å². The summed E-state index contributed by atoms with van der Waals surface area (Å²) in [7, 11) is 0. The van der Waals surface area contributed by atoms with Crippen LogP contribution in [-0.2, 0) is 21.5 Å². The summed E-state index contributed by atoms with van der Waals surface area (Å²) in [4.78, 5) is 32.7. The van der Waals surface area contributed by atoms with Gasteiger partial charge in [0, 0.05) is 25.5 Å². The Kier molecular flexibility index (Phi) is 6.38. The highest BCUT2D eigenvalue weighted by atomic mass is 16.5. The van der Waals surface area contributed by atoms with Crippen LogP contribution in [0.1, 0.15) is 69.3 Å². The van der Waals surface area contributed by atoms with Crippen LogP contribution in [0, 0.1) is 6.92 Å². The van der Waals surface area contributed by atoms with Gasteiger partial charge in [0.05, 0.1) is 0 Å². The molecule has 1 aliphatic carbocycles. The topological polar surface area (TPSA) is 110 Å². The van der Waals surface area contributed by atoms with Gasteiger partial charge in [-0.05, 0) is 31.9 Å². The highest BCUT2D eigenvalue weighted by molar-refractivity contribution is 5.89. The number of pyridine rings is 1. The van der Waals surface area contributed by atoms with Crippen LogP contribution in [0.3, 0.4) is 0 Å². The molecule has 0 aliphatic heterocycles. The molecule has 28 heavy (non-hydrogen) atoms. The van der Waals surface area contributed by atoms with Gasteiger partial charge in [-0.15, -0.1) is 0 Å². The summed E-state index contributed by atoms with van der Waals surface area (Å²) in [5.74, 6) is 1.18. The van der Waals surface area contributed by atoms with E-state index in [4.69, 9.17) is 4.52 Å². The predicted molar refractivity (Wildman–Crippen MR) is 103 cm³/mol. The molecule has 8 nitrogen and oxygen atoms in total. The van der Waals surface area contributed by atoms with Crippen molar-refractivity contribution in [2.45, 2.75) is 70.8 Å². The first-order chi connectivity index (χ1) is 13.5. The van der Waals surface area contributed by atoms with Crippen LogP contribution in [0.4, 0.5) is 5.82 Å². The van der Waals surface area contributed by atoms with Gasteiger partial charge in [0.15, 0.2) is 5.82 Å². The molecule has 0 radical (unpaired) electrons. The van der Waals surface area contributed by atoms with E-state index in [1.54, 1.807) is 6.07 Å². The first-order valence-corrected chi connectivity index (χ1v) is 9.82. The third-order valence-corrected chi connectivity index (χ3v) is 4.99. The van der Waals surface area contributed by atoms with Crippen molar-refractivity contribution in [3.63, 3.8) is 0 Å². The highest BCUT2D eigenvalue weighted by Gasteiger charge is 2.38. The summed E-state index contributed by atoms with van der Waals surface area (Å²) in [6.45, 7) is 3.38. The SMILES string of the molecule is CC(=O)NC1(c2noc(CCC(=O)Nc3cccc(C)n3)n2)CCCCCC1. The minimum atomic E-state index is -0.572. The average molecular weight is 385 g/mol. The number of rotatable bonds is 6. The number of hydrogen-bond acceptors (Lipinski definition) is 6. The monoisotopic (exact) mass is 385 g/mol. The van der Waals surface area contributed by atoms with Gasteiger partial charge in [-0.2, -0.15) is 4.98 Å². The summed E-state index contributed by atoms with van der Waals surface area (Å²) in [5.41, 5.74) is 0.267. The molecule has 0 spiro atoms. The van der Waals surface area contributed by atoms with Crippen LogP contribution < -0.4 is 10.6 Å². The van der Waals surface area contributed by atoms with Gasteiger partial charge in [-0.3, -0.25) is 9.59 Å². The summed E-state index contributed by atoms with van der Waals surface area (Å²) in [6, 6.07) is 5.46. The van der Waals surface area contributed by atoms with Gasteiger partial charge in [0.25, 0.3) is 0 Å². The zero-order valence-electron chi connectivity index (χ0n) is 16.5. The van der Waals surface area contributed by atoms with Crippen molar-refractivity contribution in [2.24, 2.45) is 0 Å². The minimum Gasteiger partial charge on any atom is -0.343 e. The fourth-order valence-electron chi connectivity index (χ4n) is 3.66. The Hall–Kier alpha value is -2.77. The second-order valence-corrected chi connectivity index (χ2v) is 7.40. The Bertz CT molecular complexity index is 825. The van der Waals surface area contributed by atoms with E-state index in [2.05, 4.69) is 25.8 Å². The lowest BCUT2D eigenvalue weighted by molar-refractivity contribution is -0.121. The molecule has 1 saturated carbocycles. The van der Waals surface area contributed by atoms with Gasteiger partial charge in [0.1, 0.15) is 11.4 Å². The number of carbonyl (C=O) groups excluding carboxylic acids is 2. The van der Waals surface area contributed by atoms with E-state index >= 15 is 0 Å². The number of hydrogen-bond donors (Lipinski definition) is 2. The Labute approximate surface area is 164 Å². The summed E-state index contributed by atoms with van der Waals surface area (Å²) < 4.78 is 5.38. The number of carbonyl (C=O) groups is 2. The molecular formula is C20H27N5O3. The molecule has 2 aromatic rings. The lowest BCUT2D eigenvalue weighted by Crippen LogP contribution is -2.45. The standard InChI is InChI=1S/C20H27N5O3/c1-14-8-7-9-16(21-14)22-17(27)10-11-18-23-19(25-28-18)20(24-15(2)26)12-5-3-4-6-13-20/h7-9H,3-6,10-13H2,1-2H3,(H,24,26)(H,21,22,27). The zero-order chi connectivity index (χ0) is 20.0. The fourth-order valence-corrected chi connectivity index (χ4v) is 3.66. The average Bonchev–Trinajstić information content (AvgIpc) is 3.00. The molecule has 2 N–H and O–H groups in total. The van der Waals surface area contributed by atoms with Crippen LogP contribution in [0.25, 0.3) is 0 Å². The molecular weight excluding hydrogens is 358 g/mol. The highest BCUT2D eigenvalue weighted by Crippen LogP contribution is 2.34. The van der Waals surface area contributed by atoms with Gasteiger partial charge >= 0.3 is 0 Å². The van der Waals surface area contributed by atoms with Crippen LogP contribution in [0.15, 0.2) is 22.7 Å². The Balaban J connectivity index is 1.63. The third kappa shape index (κ3) is 5.15. The summed E-state index contributed by atoms with van der Waals surface area (Å²) in [5, 5.41) is 9.96. The van der Waals surface area contributed by atoms with E-state index in [1.807, 2.05) is 19.1 Å². The van der Waals surface area contributed by atoms with E-state index in [1.165, 1.54) is 6.92 Å². The Morgan fingerprint density at radius 2 is 1.89 bits per heavy atom. The number of aryl methyl sites for hydroxylation is 2. The van der Waals surface area contributed by atoms with E-state index in [-0.39, 0.29) is 18.2 Å². The van der Waals surface area contributed by atoms with Crippen LogP contribution in [0.5, 0.6) is 0 Å². The number of anilines is 1. The van der Waals surface area contributed by atoms with Crippen molar-refractivity contribution in [1.29, 1.82) is 0 Å². The molecule has 0 aromatic carbocycles. The second-order valence-electron chi connectivity index (χ2n) is 7.40. The summed E-state index contributed by atoms with van der Waals surface area (Å²) in [6.07, 6.45) is 6.44. The van der Waals surface area contributed by atoms with Crippen molar-refractivity contribution >= 4 is 17.6 Å². The van der Waals surface area contributed by atoms with Crippen molar-refractivity contribution < 1.29 is 14.1 Å². The molecule has 1 aliphatic rings. The van der Waals surface area contributed by atoms with Gasteiger partial charge in [-0.25, -0.2) is 4.98 Å².